The number of hydrogen-bond donors (Lipinski definition) is 1. The molecular weight excluding hydrogens is 346 g/mol. The number of hydrogen-bond acceptors (Lipinski definition) is 7. The van der Waals surface area contributed by atoms with Gasteiger partial charge < -0.3 is 10.2 Å². The summed E-state index contributed by atoms with van der Waals surface area (Å²) in [4.78, 5) is 31.0. The van der Waals surface area contributed by atoms with Crippen molar-refractivity contribution in [3.63, 3.8) is 0 Å². The predicted octanol–water partition coefficient (Wildman–Crippen LogP) is 2.39. The Morgan fingerprint density at radius 1 is 1.25 bits per heavy atom. The van der Waals surface area contributed by atoms with Crippen molar-refractivity contribution < 1.29 is 9.59 Å². The summed E-state index contributed by atoms with van der Waals surface area (Å²) >= 11 is 2.48. The number of benzene rings is 1. The van der Waals surface area contributed by atoms with Gasteiger partial charge in [0.1, 0.15) is 17.1 Å². The van der Waals surface area contributed by atoms with Gasteiger partial charge in [0.15, 0.2) is 5.13 Å². The Kier molecular flexibility index (Phi) is 3.95. The van der Waals surface area contributed by atoms with E-state index in [1.54, 1.807) is 34.7 Å². The van der Waals surface area contributed by atoms with Crippen molar-refractivity contribution in [2.75, 3.05) is 11.9 Å². The van der Waals surface area contributed by atoms with Crippen molar-refractivity contribution in [1.29, 1.82) is 0 Å². The molecule has 3 aromatic rings. The fourth-order valence-corrected chi connectivity index (χ4v) is 3.89. The van der Waals surface area contributed by atoms with E-state index in [0.29, 0.717) is 29.2 Å². The average molecular weight is 359 g/mol. The van der Waals surface area contributed by atoms with Crippen LogP contribution in [0.5, 0.6) is 0 Å². The SMILES string of the molecule is O=C(Nc1nccs1)[C@H]1CCCN1C(=O)c1ccc2nsnc2c1. The molecule has 122 valence electrons. The lowest BCUT2D eigenvalue weighted by atomic mass is 10.1. The quantitative estimate of drug-likeness (QED) is 0.776. The zero-order chi connectivity index (χ0) is 16.5. The average Bonchev–Trinajstić information content (AvgIpc) is 3.33. The van der Waals surface area contributed by atoms with Gasteiger partial charge in [-0.2, -0.15) is 8.75 Å². The molecule has 1 atom stereocenters. The van der Waals surface area contributed by atoms with Gasteiger partial charge in [0, 0.05) is 23.7 Å². The minimum atomic E-state index is -0.467. The van der Waals surface area contributed by atoms with Crippen LogP contribution in [0.15, 0.2) is 29.8 Å². The molecule has 2 amide bonds. The fourth-order valence-electron chi connectivity index (χ4n) is 2.84. The van der Waals surface area contributed by atoms with E-state index in [1.807, 2.05) is 0 Å². The Morgan fingerprint density at radius 2 is 2.12 bits per heavy atom. The van der Waals surface area contributed by atoms with E-state index in [-0.39, 0.29) is 11.8 Å². The fraction of sp³-hybridized carbons (Fsp3) is 0.267. The monoisotopic (exact) mass is 359 g/mol. The molecule has 7 nitrogen and oxygen atoms in total. The maximum Gasteiger partial charge on any atom is 0.254 e. The summed E-state index contributed by atoms with van der Waals surface area (Å²) in [6.07, 6.45) is 3.10. The third kappa shape index (κ3) is 2.76. The van der Waals surface area contributed by atoms with Crippen molar-refractivity contribution in [2.45, 2.75) is 18.9 Å². The molecule has 0 radical (unpaired) electrons. The van der Waals surface area contributed by atoms with Crippen molar-refractivity contribution in [3.05, 3.63) is 35.3 Å². The summed E-state index contributed by atoms with van der Waals surface area (Å²) < 4.78 is 8.30. The molecule has 1 saturated heterocycles. The Bertz CT molecular complexity index is 892. The van der Waals surface area contributed by atoms with Gasteiger partial charge in [-0.1, -0.05) is 0 Å². The highest BCUT2D eigenvalue weighted by Crippen LogP contribution is 2.23. The number of nitrogens with zero attached hydrogens (tertiary/aromatic N) is 4. The Morgan fingerprint density at radius 3 is 2.96 bits per heavy atom. The summed E-state index contributed by atoms with van der Waals surface area (Å²) in [5.74, 6) is -0.339. The lowest BCUT2D eigenvalue weighted by Crippen LogP contribution is -2.43. The van der Waals surface area contributed by atoms with E-state index in [2.05, 4.69) is 19.0 Å². The number of rotatable bonds is 3. The third-order valence-corrected chi connectivity index (χ3v) is 5.22. The summed E-state index contributed by atoms with van der Waals surface area (Å²) in [6, 6.07) is 4.79. The summed E-state index contributed by atoms with van der Waals surface area (Å²) in [6.45, 7) is 0.572. The highest BCUT2D eigenvalue weighted by molar-refractivity contribution is 7.13. The first-order chi connectivity index (χ1) is 11.7. The van der Waals surface area contributed by atoms with Crippen LogP contribution in [0, 0.1) is 0 Å². The molecule has 1 aliphatic heterocycles. The number of fused-ring (bicyclic) bond motifs is 1. The molecule has 1 aromatic carbocycles. The largest absolute Gasteiger partial charge is 0.327 e. The standard InChI is InChI=1S/C15H13N5O2S2/c21-13(17-15-16-5-7-23-15)12-2-1-6-20(12)14(22)9-3-4-10-11(8-9)19-24-18-10/h3-5,7-8,12H,1-2,6H2,(H,16,17,21)/t12-/m1/s1. The molecule has 1 fully saturated rings. The first-order valence-corrected chi connectivity index (χ1v) is 9.07. The van der Waals surface area contributed by atoms with E-state index in [4.69, 9.17) is 0 Å². The lowest BCUT2D eigenvalue weighted by Gasteiger charge is -2.23. The zero-order valence-corrected chi connectivity index (χ0v) is 14.1. The van der Waals surface area contributed by atoms with Crippen LogP contribution in [-0.2, 0) is 4.79 Å². The molecule has 9 heteroatoms. The minimum absolute atomic E-state index is 0.151. The first kappa shape index (κ1) is 15.2. The minimum Gasteiger partial charge on any atom is -0.327 e. The highest BCUT2D eigenvalue weighted by Gasteiger charge is 2.35. The number of thiazole rings is 1. The van der Waals surface area contributed by atoms with E-state index in [9.17, 15) is 9.59 Å². The highest BCUT2D eigenvalue weighted by atomic mass is 32.1. The van der Waals surface area contributed by atoms with E-state index in [0.717, 1.165) is 23.7 Å². The van der Waals surface area contributed by atoms with Gasteiger partial charge in [-0.25, -0.2) is 4.98 Å². The topological polar surface area (TPSA) is 88.1 Å². The van der Waals surface area contributed by atoms with Crippen LogP contribution in [-0.4, -0.2) is 43.0 Å². The maximum atomic E-state index is 12.8. The molecule has 1 N–H and O–H groups in total. The molecule has 0 saturated carbocycles. The molecular formula is C15H13N5O2S2. The van der Waals surface area contributed by atoms with Gasteiger partial charge in [-0.3, -0.25) is 9.59 Å². The van der Waals surface area contributed by atoms with E-state index < -0.39 is 6.04 Å². The van der Waals surface area contributed by atoms with Crippen molar-refractivity contribution in [1.82, 2.24) is 18.6 Å². The van der Waals surface area contributed by atoms with E-state index >= 15 is 0 Å². The second-order valence-electron chi connectivity index (χ2n) is 5.45. The molecule has 4 rings (SSSR count). The molecule has 3 heterocycles. The van der Waals surface area contributed by atoms with Crippen LogP contribution in [0.3, 0.4) is 0 Å². The Hall–Kier alpha value is -2.39. The van der Waals surface area contributed by atoms with Crippen LogP contribution in [0.2, 0.25) is 0 Å². The number of aromatic nitrogens is 3. The van der Waals surface area contributed by atoms with Gasteiger partial charge in [0.25, 0.3) is 5.91 Å². The van der Waals surface area contributed by atoms with Gasteiger partial charge in [0.05, 0.1) is 11.7 Å². The summed E-state index contributed by atoms with van der Waals surface area (Å²) in [7, 11) is 0. The number of amides is 2. The first-order valence-electron chi connectivity index (χ1n) is 7.46. The van der Waals surface area contributed by atoms with Crippen LogP contribution in [0.1, 0.15) is 23.2 Å². The Balaban J connectivity index is 1.55. The van der Waals surface area contributed by atoms with Gasteiger partial charge in [-0.05, 0) is 31.0 Å². The van der Waals surface area contributed by atoms with Crippen molar-refractivity contribution >= 4 is 51.0 Å². The van der Waals surface area contributed by atoms with Crippen molar-refractivity contribution in [3.8, 4) is 0 Å². The molecule has 2 aromatic heterocycles. The molecule has 0 aliphatic carbocycles. The maximum absolute atomic E-state index is 12.8. The normalized spacial score (nSPS) is 17.3. The molecule has 0 bridgehead atoms. The van der Waals surface area contributed by atoms with Crippen LogP contribution in [0.4, 0.5) is 5.13 Å². The predicted molar refractivity (Wildman–Crippen MR) is 92.2 cm³/mol. The third-order valence-electron chi connectivity index (χ3n) is 3.98. The van der Waals surface area contributed by atoms with Crippen LogP contribution in [0.25, 0.3) is 11.0 Å². The second kappa shape index (κ2) is 6.25. The number of carbonyl (C=O) groups is 2. The van der Waals surface area contributed by atoms with Gasteiger partial charge >= 0.3 is 0 Å². The van der Waals surface area contributed by atoms with Crippen LogP contribution < -0.4 is 5.32 Å². The summed E-state index contributed by atoms with van der Waals surface area (Å²) in [5.41, 5.74) is 2.01. The lowest BCUT2D eigenvalue weighted by molar-refractivity contribution is -0.119. The number of carbonyl (C=O) groups excluding carboxylic acids is 2. The summed E-state index contributed by atoms with van der Waals surface area (Å²) in [5, 5.41) is 5.13. The van der Waals surface area contributed by atoms with Crippen LogP contribution >= 0.6 is 23.1 Å². The second-order valence-corrected chi connectivity index (χ2v) is 6.87. The van der Waals surface area contributed by atoms with Crippen molar-refractivity contribution in [2.24, 2.45) is 0 Å². The van der Waals surface area contributed by atoms with Gasteiger partial charge in [0.2, 0.25) is 5.91 Å². The smallest absolute Gasteiger partial charge is 0.254 e. The van der Waals surface area contributed by atoms with E-state index in [1.165, 1.54) is 11.3 Å². The Labute approximate surface area is 145 Å². The number of nitrogens with one attached hydrogen (secondary N) is 1. The molecule has 1 aliphatic rings. The number of likely N-dealkylation sites (tertiary alicyclic amines) is 1. The number of anilines is 1. The molecule has 24 heavy (non-hydrogen) atoms. The molecule has 0 unspecified atom stereocenters. The molecule has 0 spiro atoms. The zero-order valence-electron chi connectivity index (χ0n) is 12.5. The van der Waals surface area contributed by atoms with Gasteiger partial charge in [-0.15, -0.1) is 11.3 Å².